The van der Waals surface area contributed by atoms with Crippen LogP contribution in [0.5, 0.6) is 5.75 Å². The summed E-state index contributed by atoms with van der Waals surface area (Å²) in [4.78, 5) is 29.1. The fourth-order valence-electron chi connectivity index (χ4n) is 2.70. The van der Waals surface area contributed by atoms with E-state index in [0.717, 1.165) is 17.0 Å². The molecule has 1 unspecified atom stereocenters. The Morgan fingerprint density at radius 3 is 2.57 bits per heavy atom. The second-order valence-electron chi connectivity index (χ2n) is 6.29. The van der Waals surface area contributed by atoms with Gasteiger partial charge in [0.1, 0.15) is 17.6 Å². The van der Waals surface area contributed by atoms with Crippen molar-refractivity contribution in [1.82, 2.24) is 14.8 Å². The van der Waals surface area contributed by atoms with Crippen LogP contribution in [0.2, 0.25) is 0 Å². The van der Waals surface area contributed by atoms with Crippen molar-refractivity contribution >= 4 is 11.7 Å². The minimum Gasteiger partial charge on any atom is -0.494 e. The Balaban J connectivity index is 1.84. The summed E-state index contributed by atoms with van der Waals surface area (Å²) in [5, 5.41) is 7.10. The van der Waals surface area contributed by atoms with Crippen LogP contribution in [0.15, 0.2) is 59.4 Å². The molecular weight excluding hydrogens is 356 g/mol. The van der Waals surface area contributed by atoms with Gasteiger partial charge in [0, 0.05) is 17.3 Å². The van der Waals surface area contributed by atoms with Crippen LogP contribution in [0, 0.1) is 6.92 Å². The first-order valence-corrected chi connectivity index (χ1v) is 9.05. The molecule has 0 radical (unpaired) electrons. The molecule has 2 aromatic heterocycles. The average Bonchev–Trinajstić information content (AvgIpc) is 2.69. The third-order valence-electron chi connectivity index (χ3n) is 4.17. The zero-order chi connectivity index (χ0) is 20.1. The number of amides is 1. The zero-order valence-corrected chi connectivity index (χ0v) is 16.0. The fourth-order valence-corrected chi connectivity index (χ4v) is 2.70. The third kappa shape index (κ3) is 4.43. The number of benzene rings is 1. The molecule has 28 heavy (non-hydrogen) atoms. The van der Waals surface area contributed by atoms with E-state index < -0.39 is 6.04 Å². The monoisotopic (exact) mass is 378 g/mol. The highest BCUT2D eigenvalue weighted by Gasteiger charge is 2.18. The number of rotatable bonds is 6. The van der Waals surface area contributed by atoms with Gasteiger partial charge >= 0.3 is 0 Å². The second kappa shape index (κ2) is 8.47. The van der Waals surface area contributed by atoms with Crippen LogP contribution in [0.25, 0.3) is 11.3 Å². The molecule has 0 saturated carbocycles. The van der Waals surface area contributed by atoms with Crippen molar-refractivity contribution in [3.05, 3.63) is 70.6 Å². The first-order valence-electron chi connectivity index (χ1n) is 9.05. The lowest BCUT2D eigenvalue weighted by atomic mass is 10.1. The van der Waals surface area contributed by atoms with Crippen molar-refractivity contribution in [3.63, 3.8) is 0 Å². The summed E-state index contributed by atoms with van der Waals surface area (Å²) < 4.78 is 6.62. The van der Waals surface area contributed by atoms with Gasteiger partial charge in [0.2, 0.25) is 5.91 Å². The Labute approximate surface area is 163 Å². The maximum Gasteiger partial charge on any atom is 0.267 e. The largest absolute Gasteiger partial charge is 0.494 e. The highest BCUT2D eigenvalue weighted by Crippen LogP contribution is 2.20. The molecule has 0 saturated heterocycles. The van der Waals surface area contributed by atoms with Crippen LogP contribution >= 0.6 is 0 Å². The van der Waals surface area contributed by atoms with Gasteiger partial charge in [0.25, 0.3) is 5.56 Å². The summed E-state index contributed by atoms with van der Waals surface area (Å²) in [6.45, 7) is 5.97. The second-order valence-corrected chi connectivity index (χ2v) is 6.29. The van der Waals surface area contributed by atoms with Gasteiger partial charge in [-0.1, -0.05) is 6.07 Å². The molecule has 0 spiro atoms. The average molecular weight is 378 g/mol. The highest BCUT2D eigenvalue weighted by molar-refractivity contribution is 5.92. The van der Waals surface area contributed by atoms with Crippen molar-refractivity contribution in [3.8, 4) is 17.0 Å². The van der Waals surface area contributed by atoms with Gasteiger partial charge in [-0.05, 0) is 63.2 Å². The Morgan fingerprint density at radius 2 is 1.89 bits per heavy atom. The maximum absolute atomic E-state index is 12.6. The van der Waals surface area contributed by atoms with Crippen molar-refractivity contribution in [2.24, 2.45) is 0 Å². The number of anilines is 1. The molecule has 3 rings (SSSR count). The first kappa shape index (κ1) is 19.3. The highest BCUT2D eigenvalue weighted by atomic mass is 16.5. The topological polar surface area (TPSA) is 86.1 Å². The van der Waals surface area contributed by atoms with Crippen LogP contribution in [-0.2, 0) is 4.79 Å². The van der Waals surface area contributed by atoms with E-state index >= 15 is 0 Å². The summed E-state index contributed by atoms with van der Waals surface area (Å²) >= 11 is 0. The SMILES string of the molecule is CCOc1ccc(-c2ccc(=O)n(C(C)C(=O)Nc3cccc(C)n3)n2)cc1. The number of carbonyl (C=O) groups is 1. The van der Waals surface area contributed by atoms with Crippen LogP contribution in [0.4, 0.5) is 5.82 Å². The summed E-state index contributed by atoms with van der Waals surface area (Å²) in [7, 11) is 0. The molecule has 7 nitrogen and oxygen atoms in total. The predicted octanol–water partition coefficient (Wildman–Crippen LogP) is 3.21. The number of aromatic nitrogens is 3. The van der Waals surface area contributed by atoms with Crippen molar-refractivity contribution < 1.29 is 9.53 Å². The molecule has 1 N–H and O–H groups in total. The fraction of sp³-hybridized carbons (Fsp3) is 0.238. The molecule has 0 aliphatic heterocycles. The van der Waals surface area contributed by atoms with Crippen LogP contribution in [0.1, 0.15) is 25.6 Å². The smallest absolute Gasteiger partial charge is 0.267 e. The van der Waals surface area contributed by atoms with Crippen molar-refractivity contribution in [2.45, 2.75) is 26.8 Å². The van der Waals surface area contributed by atoms with E-state index in [-0.39, 0.29) is 11.5 Å². The lowest BCUT2D eigenvalue weighted by Crippen LogP contribution is -2.33. The van der Waals surface area contributed by atoms with E-state index in [0.29, 0.717) is 18.1 Å². The molecule has 0 aliphatic carbocycles. The molecule has 144 valence electrons. The summed E-state index contributed by atoms with van der Waals surface area (Å²) in [5.41, 5.74) is 1.86. The molecule has 0 aliphatic rings. The number of carbonyl (C=O) groups excluding carboxylic acids is 1. The van der Waals surface area contributed by atoms with Gasteiger partial charge in [-0.2, -0.15) is 5.10 Å². The third-order valence-corrected chi connectivity index (χ3v) is 4.17. The molecule has 1 amide bonds. The van der Waals surface area contributed by atoms with Crippen molar-refractivity contribution in [1.29, 1.82) is 0 Å². The van der Waals surface area contributed by atoms with Gasteiger partial charge < -0.3 is 10.1 Å². The zero-order valence-electron chi connectivity index (χ0n) is 16.0. The first-order chi connectivity index (χ1) is 13.5. The Hall–Kier alpha value is -3.48. The molecule has 3 aromatic rings. The number of aryl methyl sites for hydroxylation is 1. The van der Waals surface area contributed by atoms with Crippen LogP contribution < -0.4 is 15.6 Å². The minimum atomic E-state index is -0.794. The normalized spacial score (nSPS) is 11.7. The molecule has 1 atom stereocenters. The maximum atomic E-state index is 12.6. The summed E-state index contributed by atoms with van der Waals surface area (Å²) in [6.07, 6.45) is 0. The Bertz CT molecular complexity index is 1030. The number of ether oxygens (including phenoxy) is 1. The Morgan fingerprint density at radius 1 is 1.14 bits per heavy atom. The number of nitrogens with zero attached hydrogens (tertiary/aromatic N) is 3. The lowest BCUT2D eigenvalue weighted by molar-refractivity contribution is -0.119. The Kier molecular flexibility index (Phi) is 5.84. The number of nitrogens with one attached hydrogen (secondary N) is 1. The number of hydrogen-bond acceptors (Lipinski definition) is 5. The quantitative estimate of drug-likeness (QED) is 0.712. The van der Waals surface area contributed by atoms with Gasteiger partial charge in [0.15, 0.2) is 0 Å². The van der Waals surface area contributed by atoms with Gasteiger partial charge in [-0.3, -0.25) is 9.59 Å². The van der Waals surface area contributed by atoms with Crippen LogP contribution in [-0.4, -0.2) is 27.3 Å². The summed E-state index contributed by atoms with van der Waals surface area (Å²) in [5.74, 6) is 0.835. The molecule has 1 aromatic carbocycles. The van der Waals surface area contributed by atoms with Gasteiger partial charge in [-0.15, -0.1) is 0 Å². The van der Waals surface area contributed by atoms with E-state index in [2.05, 4.69) is 15.4 Å². The lowest BCUT2D eigenvalue weighted by Gasteiger charge is -2.15. The molecular formula is C21H22N4O3. The molecule has 0 bridgehead atoms. The van der Waals surface area contributed by atoms with Gasteiger partial charge in [0.05, 0.1) is 12.3 Å². The number of hydrogen-bond donors (Lipinski definition) is 1. The van der Waals surface area contributed by atoms with Crippen LogP contribution in [0.3, 0.4) is 0 Å². The predicted molar refractivity (Wildman–Crippen MR) is 107 cm³/mol. The van der Waals surface area contributed by atoms with E-state index in [1.165, 1.54) is 10.7 Å². The molecule has 0 fully saturated rings. The van der Waals surface area contributed by atoms with E-state index in [1.54, 1.807) is 25.1 Å². The summed E-state index contributed by atoms with van der Waals surface area (Å²) in [6, 6.07) is 15.0. The van der Waals surface area contributed by atoms with E-state index in [4.69, 9.17) is 4.74 Å². The van der Waals surface area contributed by atoms with E-state index in [1.807, 2.05) is 44.2 Å². The van der Waals surface area contributed by atoms with Crippen molar-refractivity contribution in [2.75, 3.05) is 11.9 Å². The standard InChI is InChI=1S/C21H22N4O3/c1-4-28-17-10-8-16(9-11-17)18-12-13-20(26)25(24-18)15(3)21(27)23-19-7-5-6-14(2)22-19/h5-13,15H,4H2,1-3H3,(H,22,23,27). The minimum absolute atomic E-state index is 0.352. The molecule has 7 heteroatoms. The number of pyridine rings is 1. The molecule has 2 heterocycles. The van der Waals surface area contributed by atoms with Gasteiger partial charge in [-0.25, -0.2) is 9.67 Å². The van der Waals surface area contributed by atoms with E-state index in [9.17, 15) is 9.59 Å².